The van der Waals surface area contributed by atoms with Crippen molar-refractivity contribution >= 4 is 0 Å². The normalized spacial score (nSPS) is 12.4. The van der Waals surface area contributed by atoms with E-state index >= 15 is 0 Å². The lowest BCUT2D eigenvalue weighted by Crippen LogP contribution is -2.38. The van der Waals surface area contributed by atoms with Crippen molar-refractivity contribution in [2.45, 2.75) is 27.7 Å². The van der Waals surface area contributed by atoms with Crippen molar-refractivity contribution in [3.8, 4) is 0 Å². The predicted molar refractivity (Wildman–Crippen MR) is 77.5 cm³/mol. The van der Waals surface area contributed by atoms with Crippen LogP contribution in [0.1, 0.15) is 27.7 Å². The van der Waals surface area contributed by atoms with E-state index in [1.165, 1.54) is 19.6 Å². The van der Waals surface area contributed by atoms with Gasteiger partial charge in [-0.15, -0.1) is 0 Å². The summed E-state index contributed by atoms with van der Waals surface area (Å²) in [6.45, 7) is 16.1. The van der Waals surface area contributed by atoms with Gasteiger partial charge in [-0.3, -0.25) is 0 Å². The lowest BCUT2D eigenvalue weighted by atomic mass is 10.1. The fourth-order valence-electron chi connectivity index (χ4n) is 1.95. The van der Waals surface area contributed by atoms with Gasteiger partial charge in [0.15, 0.2) is 0 Å². The zero-order chi connectivity index (χ0) is 13.3. The molecule has 0 aromatic rings. The molecule has 0 amide bonds. The molecule has 0 rings (SSSR count). The van der Waals surface area contributed by atoms with E-state index in [1.54, 1.807) is 0 Å². The van der Waals surface area contributed by atoms with Gasteiger partial charge in [0.2, 0.25) is 0 Å². The molecule has 0 bridgehead atoms. The maximum atomic E-state index is 3.51. The van der Waals surface area contributed by atoms with Gasteiger partial charge in [0.1, 0.15) is 0 Å². The third-order valence-electron chi connectivity index (χ3n) is 2.59. The molecular formula is C14H33N3. The van der Waals surface area contributed by atoms with Crippen molar-refractivity contribution in [3.63, 3.8) is 0 Å². The summed E-state index contributed by atoms with van der Waals surface area (Å²) in [7, 11) is 4.23. The summed E-state index contributed by atoms with van der Waals surface area (Å²) in [6, 6.07) is 0. The first kappa shape index (κ1) is 16.9. The topological polar surface area (TPSA) is 18.5 Å². The Morgan fingerprint density at radius 2 is 1.29 bits per heavy atom. The smallest absolute Gasteiger partial charge is 0.0107 e. The van der Waals surface area contributed by atoms with Crippen molar-refractivity contribution < 1.29 is 0 Å². The Morgan fingerprint density at radius 3 is 1.71 bits per heavy atom. The first-order chi connectivity index (χ1) is 7.91. The summed E-state index contributed by atoms with van der Waals surface area (Å²) in [6.07, 6.45) is 0. The van der Waals surface area contributed by atoms with Gasteiger partial charge in [-0.05, 0) is 25.9 Å². The van der Waals surface area contributed by atoms with Crippen LogP contribution in [-0.4, -0.2) is 63.2 Å². The molecule has 0 saturated heterocycles. The summed E-state index contributed by atoms with van der Waals surface area (Å²) >= 11 is 0. The van der Waals surface area contributed by atoms with E-state index in [0.717, 1.165) is 31.5 Å². The average molecular weight is 243 g/mol. The fraction of sp³-hybridized carbons (Fsp3) is 1.00. The van der Waals surface area contributed by atoms with E-state index in [9.17, 15) is 0 Å². The minimum atomic E-state index is 0.760. The summed E-state index contributed by atoms with van der Waals surface area (Å²) < 4.78 is 0. The first-order valence-electron chi connectivity index (χ1n) is 6.99. The molecule has 3 nitrogen and oxygen atoms in total. The number of likely N-dealkylation sites (N-methyl/N-ethyl adjacent to an activating group) is 1. The highest BCUT2D eigenvalue weighted by atomic mass is 15.1. The summed E-state index contributed by atoms with van der Waals surface area (Å²) in [5, 5.41) is 3.51. The number of rotatable bonds is 10. The Labute approximate surface area is 109 Å². The second kappa shape index (κ2) is 9.86. The van der Waals surface area contributed by atoms with Crippen LogP contribution in [0.2, 0.25) is 0 Å². The van der Waals surface area contributed by atoms with E-state index in [2.05, 4.69) is 56.9 Å². The van der Waals surface area contributed by atoms with Gasteiger partial charge in [0.05, 0.1) is 0 Å². The molecule has 104 valence electrons. The molecule has 0 radical (unpaired) electrons. The summed E-state index contributed by atoms with van der Waals surface area (Å²) in [5.41, 5.74) is 0. The van der Waals surface area contributed by atoms with Crippen molar-refractivity contribution in [2.24, 2.45) is 11.8 Å². The molecule has 0 fully saturated rings. The van der Waals surface area contributed by atoms with Crippen LogP contribution in [0.4, 0.5) is 0 Å². The monoisotopic (exact) mass is 243 g/mol. The maximum absolute atomic E-state index is 3.51. The molecule has 17 heavy (non-hydrogen) atoms. The quantitative estimate of drug-likeness (QED) is 0.590. The fourth-order valence-corrected chi connectivity index (χ4v) is 1.95. The highest BCUT2D eigenvalue weighted by Crippen LogP contribution is 2.02. The van der Waals surface area contributed by atoms with Gasteiger partial charge in [0, 0.05) is 39.3 Å². The van der Waals surface area contributed by atoms with Gasteiger partial charge in [-0.2, -0.15) is 0 Å². The van der Waals surface area contributed by atoms with Gasteiger partial charge in [0.25, 0.3) is 0 Å². The first-order valence-corrected chi connectivity index (χ1v) is 6.99. The van der Waals surface area contributed by atoms with Gasteiger partial charge >= 0.3 is 0 Å². The minimum Gasteiger partial charge on any atom is -0.314 e. The largest absolute Gasteiger partial charge is 0.314 e. The Balaban J connectivity index is 3.68. The van der Waals surface area contributed by atoms with E-state index in [4.69, 9.17) is 0 Å². The van der Waals surface area contributed by atoms with Gasteiger partial charge in [-0.25, -0.2) is 0 Å². The molecule has 0 atom stereocenters. The predicted octanol–water partition coefficient (Wildman–Crippen LogP) is 1.75. The van der Waals surface area contributed by atoms with Crippen LogP contribution in [0.5, 0.6) is 0 Å². The Morgan fingerprint density at radius 1 is 0.824 bits per heavy atom. The zero-order valence-corrected chi connectivity index (χ0v) is 12.8. The number of nitrogens with one attached hydrogen (secondary N) is 1. The molecule has 0 aromatic heterocycles. The molecule has 1 N–H and O–H groups in total. The SMILES string of the molecule is CC(C)CN(CCNCCN(C)C)CC(C)C. The van der Waals surface area contributed by atoms with E-state index < -0.39 is 0 Å². The molecule has 0 unspecified atom stereocenters. The Kier molecular flexibility index (Phi) is 9.79. The lowest BCUT2D eigenvalue weighted by molar-refractivity contribution is 0.219. The molecule has 0 aliphatic carbocycles. The van der Waals surface area contributed by atoms with Crippen LogP contribution < -0.4 is 5.32 Å². The average Bonchev–Trinajstić information content (AvgIpc) is 2.14. The van der Waals surface area contributed by atoms with Crippen molar-refractivity contribution in [1.82, 2.24) is 15.1 Å². The van der Waals surface area contributed by atoms with Crippen LogP contribution in [0.15, 0.2) is 0 Å². The molecule has 0 aromatic carbocycles. The maximum Gasteiger partial charge on any atom is 0.0107 e. The molecule has 0 heterocycles. The minimum absolute atomic E-state index is 0.760. The highest BCUT2D eigenvalue weighted by molar-refractivity contribution is 4.64. The van der Waals surface area contributed by atoms with Crippen LogP contribution in [-0.2, 0) is 0 Å². The lowest BCUT2D eigenvalue weighted by Gasteiger charge is -2.26. The van der Waals surface area contributed by atoms with Gasteiger partial charge < -0.3 is 15.1 Å². The van der Waals surface area contributed by atoms with Crippen molar-refractivity contribution in [2.75, 3.05) is 53.4 Å². The zero-order valence-electron chi connectivity index (χ0n) is 12.8. The van der Waals surface area contributed by atoms with Crippen LogP contribution in [0.25, 0.3) is 0 Å². The Bertz CT molecular complexity index is 157. The second-order valence-electron chi connectivity index (χ2n) is 6.10. The number of hydrogen-bond donors (Lipinski definition) is 1. The van der Waals surface area contributed by atoms with E-state index in [1.807, 2.05) is 0 Å². The van der Waals surface area contributed by atoms with Crippen LogP contribution >= 0.6 is 0 Å². The Hall–Kier alpha value is -0.120. The molecule has 0 aliphatic rings. The third-order valence-corrected chi connectivity index (χ3v) is 2.59. The van der Waals surface area contributed by atoms with Gasteiger partial charge in [-0.1, -0.05) is 27.7 Å². The number of nitrogens with zero attached hydrogens (tertiary/aromatic N) is 2. The summed E-state index contributed by atoms with van der Waals surface area (Å²) in [4.78, 5) is 4.80. The van der Waals surface area contributed by atoms with E-state index in [-0.39, 0.29) is 0 Å². The third kappa shape index (κ3) is 12.1. The number of hydrogen-bond acceptors (Lipinski definition) is 3. The molecule has 3 heteroatoms. The highest BCUT2D eigenvalue weighted by Gasteiger charge is 2.08. The van der Waals surface area contributed by atoms with Crippen molar-refractivity contribution in [1.29, 1.82) is 0 Å². The summed E-state index contributed by atoms with van der Waals surface area (Å²) in [5.74, 6) is 1.52. The molecular weight excluding hydrogens is 210 g/mol. The molecule has 0 aliphatic heterocycles. The second-order valence-corrected chi connectivity index (χ2v) is 6.10. The standard InChI is InChI=1S/C14H33N3/c1-13(2)11-17(12-14(3)4)10-8-15-7-9-16(5)6/h13-15H,7-12H2,1-6H3. The van der Waals surface area contributed by atoms with E-state index in [0.29, 0.717) is 0 Å². The molecule has 0 saturated carbocycles. The van der Waals surface area contributed by atoms with Crippen molar-refractivity contribution in [3.05, 3.63) is 0 Å². The molecule has 0 spiro atoms. The van der Waals surface area contributed by atoms with Crippen LogP contribution in [0, 0.1) is 11.8 Å². The van der Waals surface area contributed by atoms with Crippen LogP contribution in [0.3, 0.4) is 0 Å².